The molecule has 0 bridgehead atoms. The summed E-state index contributed by atoms with van der Waals surface area (Å²) in [5.41, 5.74) is 1.77. The highest BCUT2D eigenvalue weighted by Gasteiger charge is 2.13. The summed E-state index contributed by atoms with van der Waals surface area (Å²) in [6.07, 6.45) is 1.76. The molecule has 25 heavy (non-hydrogen) atoms. The van der Waals surface area contributed by atoms with E-state index in [0.717, 1.165) is 21.4 Å². The maximum Gasteiger partial charge on any atom is 0.230 e. The lowest BCUT2D eigenvalue weighted by molar-refractivity contribution is -0.119. The standard InChI is InChI=1S/C19H16Cl2N2OS/c1-12(14-7-6-13(20)10-16(14)21)23-19(24)11-25-18-8-9-22-17-5-3-2-4-15(17)18/h2-10,12H,11H2,1H3,(H,23,24). The minimum Gasteiger partial charge on any atom is -0.349 e. The highest BCUT2D eigenvalue weighted by molar-refractivity contribution is 8.00. The van der Waals surface area contributed by atoms with Crippen molar-refractivity contribution in [3.05, 3.63) is 70.3 Å². The Hall–Kier alpha value is -1.75. The van der Waals surface area contributed by atoms with E-state index < -0.39 is 0 Å². The molecule has 1 N–H and O–H groups in total. The first-order valence-corrected chi connectivity index (χ1v) is 9.49. The molecule has 3 nitrogen and oxygen atoms in total. The zero-order valence-electron chi connectivity index (χ0n) is 13.5. The van der Waals surface area contributed by atoms with Crippen LogP contribution in [0.1, 0.15) is 18.5 Å². The largest absolute Gasteiger partial charge is 0.349 e. The number of para-hydroxylation sites is 1. The number of aromatic nitrogens is 1. The normalized spacial score (nSPS) is 12.1. The molecule has 1 unspecified atom stereocenters. The van der Waals surface area contributed by atoms with Crippen LogP contribution < -0.4 is 5.32 Å². The average Bonchev–Trinajstić information content (AvgIpc) is 2.59. The Balaban J connectivity index is 1.64. The Morgan fingerprint density at radius 1 is 1.20 bits per heavy atom. The summed E-state index contributed by atoms with van der Waals surface area (Å²) in [6.45, 7) is 1.90. The van der Waals surface area contributed by atoms with Gasteiger partial charge in [-0.3, -0.25) is 9.78 Å². The van der Waals surface area contributed by atoms with Crippen LogP contribution in [-0.4, -0.2) is 16.6 Å². The summed E-state index contributed by atoms with van der Waals surface area (Å²) < 4.78 is 0. The van der Waals surface area contributed by atoms with Crippen molar-refractivity contribution in [2.45, 2.75) is 17.9 Å². The monoisotopic (exact) mass is 390 g/mol. The number of thioether (sulfide) groups is 1. The number of fused-ring (bicyclic) bond motifs is 1. The van der Waals surface area contributed by atoms with Gasteiger partial charge in [0.15, 0.2) is 0 Å². The van der Waals surface area contributed by atoms with Gasteiger partial charge < -0.3 is 5.32 Å². The second-order valence-electron chi connectivity index (χ2n) is 5.57. The maximum absolute atomic E-state index is 12.3. The van der Waals surface area contributed by atoms with Gasteiger partial charge in [-0.15, -0.1) is 11.8 Å². The fourth-order valence-corrected chi connectivity index (χ4v) is 3.98. The summed E-state index contributed by atoms with van der Waals surface area (Å²) in [7, 11) is 0. The molecule has 128 valence electrons. The van der Waals surface area contributed by atoms with Crippen LogP contribution in [0.25, 0.3) is 10.9 Å². The lowest BCUT2D eigenvalue weighted by Gasteiger charge is -2.16. The van der Waals surface area contributed by atoms with Crippen molar-refractivity contribution in [2.75, 3.05) is 5.75 Å². The molecule has 2 aromatic carbocycles. The van der Waals surface area contributed by atoms with Crippen LogP contribution in [0.3, 0.4) is 0 Å². The Labute approximate surface area is 160 Å². The molecule has 0 saturated carbocycles. The molecule has 3 rings (SSSR count). The first kappa shape index (κ1) is 18.1. The Morgan fingerprint density at radius 2 is 2.00 bits per heavy atom. The van der Waals surface area contributed by atoms with Crippen LogP contribution in [0.15, 0.2) is 59.6 Å². The SMILES string of the molecule is CC(NC(=O)CSc1ccnc2ccccc12)c1ccc(Cl)cc1Cl. The number of hydrogen-bond donors (Lipinski definition) is 1. The van der Waals surface area contributed by atoms with E-state index in [9.17, 15) is 4.79 Å². The van der Waals surface area contributed by atoms with Crippen molar-refractivity contribution in [3.63, 3.8) is 0 Å². The van der Waals surface area contributed by atoms with Gasteiger partial charge in [-0.2, -0.15) is 0 Å². The topological polar surface area (TPSA) is 42.0 Å². The Bertz CT molecular complexity index is 912. The van der Waals surface area contributed by atoms with Crippen LogP contribution in [0, 0.1) is 0 Å². The second kappa shape index (κ2) is 8.09. The van der Waals surface area contributed by atoms with Crippen LogP contribution in [0.5, 0.6) is 0 Å². The fraction of sp³-hybridized carbons (Fsp3) is 0.158. The van der Waals surface area contributed by atoms with E-state index in [4.69, 9.17) is 23.2 Å². The molecule has 1 amide bonds. The van der Waals surface area contributed by atoms with Gasteiger partial charge in [-0.25, -0.2) is 0 Å². The molecule has 0 radical (unpaired) electrons. The van der Waals surface area contributed by atoms with E-state index in [1.54, 1.807) is 18.3 Å². The minimum absolute atomic E-state index is 0.0515. The number of hydrogen-bond acceptors (Lipinski definition) is 3. The molecule has 6 heteroatoms. The summed E-state index contributed by atoms with van der Waals surface area (Å²) in [4.78, 5) is 17.7. The van der Waals surface area contributed by atoms with E-state index in [1.165, 1.54) is 11.8 Å². The van der Waals surface area contributed by atoms with Crippen LogP contribution in [0.4, 0.5) is 0 Å². The van der Waals surface area contributed by atoms with Gasteiger partial charge in [0.25, 0.3) is 0 Å². The molecular formula is C19H16Cl2N2OS. The molecule has 0 aliphatic heterocycles. The highest BCUT2D eigenvalue weighted by Crippen LogP contribution is 2.28. The molecule has 3 aromatic rings. The van der Waals surface area contributed by atoms with E-state index in [2.05, 4.69) is 10.3 Å². The van der Waals surface area contributed by atoms with Crippen LogP contribution in [-0.2, 0) is 4.79 Å². The third-order valence-corrected chi connectivity index (χ3v) is 5.41. The number of benzene rings is 2. The molecule has 1 aromatic heterocycles. The quantitative estimate of drug-likeness (QED) is 0.583. The first-order chi connectivity index (χ1) is 12.0. The van der Waals surface area contributed by atoms with Gasteiger partial charge in [0.2, 0.25) is 5.91 Å². The minimum atomic E-state index is -0.188. The third-order valence-electron chi connectivity index (χ3n) is 3.77. The number of pyridine rings is 1. The maximum atomic E-state index is 12.3. The fourth-order valence-electron chi connectivity index (χ4n) is 2.55. The Morgan fingerprint density at radius 3 is 2.80 bits per heavy atom. The smallest absolute Gasteiger partial charge is 0.230 e. The summed E-state index contributed by atoms with van der Waals surface area (Å²) in [5.74, 6) is 0.272. The van der Waals surface area contributed by atoms with E-state index in [1.807, 2.05) is 43.3 Å². The predicted octanol–water partition coefficient (Wildman–Crippen LogP) is 5.51. The second-order valence-corrected chi connectivity index (χ2v) is 7.43. The van der Waals surface area contributed by atoms with Crippen LogP contribution >= 0.6 is 35.0 Å². The molecule has 1 heterocycles. The number of carbonyl (C=O) groups is 1. The highest BCUT2D eigenvalue weighted by atomic mass is 35.5. The molecule has 1 atom stereocenters. The van der Waals surface area contributed by atoms with Gasteiger partial charge in [0.05, 0.1) is 17.3 Å². The van der Waals surface area contributed by atoms with Crippen molar-refractivity contribution in [1.29, 1.82) is 0 Å². The van der Waals surface area contributed by atoms with Gasteiger partial charge in [-0.1, -0.05) is 47.5 Å². The van der Waals surface area contributed by atoms with Crippen molar-refractivity contribution >= 4 is 51.8 Å². The molecule has 0 aliphatic rings. The molecule has 0 aliphatic carbocycles. The summed E-state index contributed by atoms with van der Waals surface area (Å²) in [6, 6.07) is 14.9. The van der Waals surface area contributed by atoms with Crippen molar-refractivity contribution in [2.24, 2.45) is 0 Å². The van der Waals surface area contributed by atoms with Crippen molar-refractivity contribution < 1.29 is 4.79 Å². The van der Waals surface area contributed by atoms with Crippen molar-refractivity contribution in [3.8, 4) is 0 Å². The number of carbonyl (C=O) groups excluding carboxylic acids is 1. The average molecular weight is 391 g/mol. The summed E-state index contributed by atoms with van der Waals surface area (Å²) in [5, 5.41) is 5.15. The number of halogens is 2. The predicted molar refractivity (Wildman–Crippen MR) is 105 cm³/mol. The van der Waals surface area contributed by atoms with Gasteiger partial charge >= 0.3 is 0 Å². The van der Waals surface area contributed by atoms with Gasteiger partial charge in [-0.05, 0) is 36.8 Å². The number of rotatable bonds is 5. The number of nitrogens with zero attached hydrogens (tertiary/aromatic N) is 1. The lowest BCUT2D eigenvalue weighted by Crippen LogP contribution is -2.28. The van der Waals surface area contributed by atoms with E-state index in [-0.39, 0.29) is 11.9 Å². The molecule has 0 fully saturated rings. The van der Waals surface area contributed by atoms with Crippen molar-refractivity contribution in [1.82, 2.24) is 10.3 Å². The van der Waals surface area contributed by atoms with Gasteiger partial charge in [0.1, 0.15) is 0 Å². The van der Waals surface area contributed by atoms with Crippen LogP contribution in [0.2, 0.25) is 10.0 Å². The molecule has 0 saturated heterocycles. The van der Waals surface area contributed by atoms with Gasteiger partial charge in [0, 0.05) is 26.5 Å². The number of nitrogens with one attached hydrogen (secondary N) is 1. The Kier molecular flexibility index (Phi) is 5.84. The zero-order valence-corrected chi connectivity index (χ0v) is 15.8. The first-order valence-electron chi connectivity index (χ1n) is 7.75. The van der Waals surface area contributed by atoms with E-state index in [0.29, 0.717) is 15.8 Å². The lowest BCUT2D eigenvalue weighted by atomic mass is 10.1. The number of amides is 1. The summed E-state index contributed by atoms with van der Waals surface area (Å²) >= 11 is 13.6. The zero-order chi connectivity index (χ0) is 17.8. The molecular weight excluding hydrogens is 375 g/mol. The van der Waals surface area contributed by atoms with E-state index >= 15 is 0 Å². The molecule has 0 spiro atoms. The third kappa shape index (κ3) is 4.46.